The number of aromatic amines is 1. The molecule has 2 N–H and O–H groups in total. The smallest absolute Gasteiger partial charge is 0.264 e. The maximum Gasteiger partial charge on any atom is 0.264 e. The molecule has 0 saturated heterocycles. The highest BCUT2D eigenvalue weighted by atomic mass is 16.6. The maximum absolute atomic E-state index is 12.6. The Balaban J connectivity index is 1.44. The van der Waals surface area contributed by atoms with Crippen LogP contribution in [-0.2, 0) is 9.63 Å². The number of carbonyl (C=O) groups is 1. The molecule has 26 heavy (non-hydrogen) atoms. The van der Waals surface area contributed by atoms with E-state index >= 15 is 0 Å². The van der Waals surface area contributed by atoms with E-state index < -0.39 is 6.10 Å². The average Bonchev–Trinajstić information content (AvgIpc) is 3.33. The largest absolute Gasteiger partial charge is 0.382 e. The minimum Gasteiger partial charge on any atom is -0.382 e. The zero-order valence-electron chi connectivity index (χ0n) is 14.3. The molecule has 0 saturated carbocycles. The number of nitrogens with zero attached hydrogens (tertiary/aromatic N) is 3. The molecule has 0 radical (unpaired) electrons. The van der Waals surface area contributed by atoms with Crippen molar-refractivity contribution in [2.24, 2.45) is 5.16 Å². The Kier molecular flexibility index (Phi) is 4.35. The molecular weight excluding hydrogens is 330 g/mol. The Morgan fingerprint density at radius 2 is 2.23 bits per heavy atom. The summed E-state index contributed by atoms with van der Waals surface area (Å²) in [6.45, 7) is 2.01. The van der Waals surface area contributed by atoms with Crippen LogP contribution in [0.1, 0.15) is 37.2 Å². The first-order valence-corrected chi connectivity index (χ1v) is 8.62. The van der Waals surface area contributed by atoms with Gasteiger partial charge in [0, 0.05) is 24.4 Å². The van der Waals surface area contributed by atoms with Crippen molar-refractivity contribution >= 4 is 22.7 Å². The van der Waals surface area contributed by atoms with E-state index in [2.05, 4.69) is 25.4 Å². The molecule has 132 valence electrons. The molecule has 7 nitrogen and oxygen atoms in total. The molecule has 0 fully saturated rings. The number of amides is 1. The number of fused-ring (bicyclic) bond motifs is 1. The van der Waals surface area contributed by atoms with Crippen LogP contribution in [0.25, 0.3) is 11.0 Å². The lowest BCUT2D eigenvalue weighted by molar-refractivity contribution is -0.132. The van der Waals surface area contributed by atoms with Crippen LogP contribution < -0.4 is 5.32 Å². The number of hydrogen-bond acceptors (Lipinski definition) is 5. The molecule has 3 aromatic rings. The third-order valence-electron chi connectivity index (χ3n) is 4.42. The van der Waals surface area contributed by atoms with Crippen LogP contribution in [0.3, 0.4) is 0 Å². The first kappa shape index (κ1) is 16.3. The minimum absolute atomic E-state index is 0.194. The Hall–Kier alpha value is -3.22. The fourth-order valence-electron chi connectivity index (χ4n) is 2.99. The van der Waals surface area contributed by atoms with E-state index in [-0.39, 0.29) is 11.9 Å². The van der Waals surface area contributed by atoms with E-state index in [1.807, 2.05) is 43.3 Å². The van der Waals surface area contributed by atoms with Crippen molar-refractivity contribution < 1.29 is 9.63 Å². The summed E-state index contributed by atoms with van der Waals surface area (Å²) < 4.78 is 0. The van der Waals surface area contributed by atoms with Gasteiger partial charge in [0.05, 0.1) is 22.8 Å². The van der Waals surface area contributed by atoms with Gasteiger partial charge in [-0.05, 0) is 30.7 Å². The van der Waals surface area contributed by atoms with Crippen molar-refractivity contribution in [1.82, 2.24) is 20.3 Å². The number of H-pyrrole nitrogens is 1. The molecule has 2 atom stereocenters. The molecule has 1 amide bonds. The number of rotatable bonds is 5. The van der Waals surface area contributed by atoms with Crippen LogP contribution >= 0.6 is 0 Å². The van der Waals surface area contributed by atoms with Gasteiger partial charge in [-0.25, -0.2) is 4.98 Å². The summed E-state index contributed by atoms with van der Waals surface area (Å²) in [7, 11) is 0. The number of carbonyl (C=O) groups excluding carboxylic acids is 1. The lowest BCUT2D eigenvalue weighted by Crippen LogP contribution is -2.37. The minimum atomic E-state index is -0.636. The first-order chi connectivity index (χ1) is 12.7. The monoisotopic (exact) mass is 349 g/mol. The van der Waals surface area contributed by atoms with Crippen LogP contribution in [0.15, 0.2) is 53.9 Å². The van der Waals surface area contributed by atoms with E-state index in [9.17, 15) is 4.79 Å². The molecular formula is C19H19N5O2. The van der Waals surface area contributed by atoms with Crippen LogP contribution in [0, 0.1) is 0 Å². The topological polar surface area (TPSA) is 92.3 Å². The number of aromatic nitrogens is 3. The van der Waals surface area contributed by atoms with Gasteiger partial charge in [0.2, 0.25) is 6.10 Å². The number of nitrogens with one attached hydrogen (secondary N) is 2. The van der Waals surface area contributed by atoms with E-state index in [0.717, 1.165) is 28.1 Å². The quantitative estimate of drug-likeness (QED) is 0.741. The molecule has 0 spiro atoms. The summed E-state index contributed by atoms with van der Waals surface area (Å²) in [5.41, 5.74) is 3.44. The number of benzene rings is 1. The third-order valence-corrected chi connectivity index (χ3v) is 4.42. The number of para-hydroxylation sites is 2. The lowest BCUT2D eigenvalue weighted by Gasteiger charge is -2.16. The Bertz CT molecular complexity index is 918. The SMILES string of the molecule is CCC(NC(=O)C1CC(c2cccnc2)=NO1)c1nc2ccccc2[nH]1. The van der Waals surface area contributed by atoms with Gasteiger partial charge in [0.25, 0.3) is 5.91 Å². The Labute approximate surface area is 150 Å². The lowest BCUT2D eigenvalue weighted by atomic mass is 10.1. The molecule has 1 aliphatic rings. The van der Waals surface area contributed by atoms with Gasteiger partial charge in [0.1, 0.15) is 5.82 Å². The normalized spacial score (nSPS) is 17.6. The van der Waals surface area contributed by atoms with Crippen LogP contribution in [-0.4, -0.2) is 32.7 Å². The van der Waals surface area contributed by atoms with Gasteiger partial charge in [-0.2, -0.15) is 0 Å². The van der Waals surface area contributed by atoms with E-state index in [1.165, 1.54) is 0 Å². The molecule has 0 bridgehead atoms. The van der Waals surface area contributed by atoms with Gasteiger partial charge in [-0.15, -0.1) is 0 Å². The van der Waals surface area contributed by atoms with Crippen molar-refractivity contribution in [3.05, 3.63) is 60.2 Å². The highest BCUT2D eigenvalue weighted by molar-refractivity contribution is 6.03. The van der Waals surface area contributed by atoms with E-state index in [4.69, 9.17) is 4.84 Å². The molecule has 2 unspecified atom stereocenters. The fraction of sp³-hybridized carbons (Fsp3) is 0.263. The number of imidazole rings is 1. The summed E-state index contributed by atoms with van der Waals surface area (Å²) in [5.74, 6) is 0.549. The number of pyridine rings is 1. The standard InChI is InChI=1S/C19H19N5O2/c1-2-13(18-21-14-7-3-4-8-15(14)22-18)23-19(25)17-10-16(24-26-17)12-6-5-9-20-11-12/h3-9,11,13,17H,2,10H2,1H3,(H,21,22)(H,23,25). The van der Waals surface area contributed by atoms with E-state index in [0.29, 0.717) is 12.8 Å². The second-order valence-corrected chi connectivity index (χ2v) is 6.19. The van der Waals surface area contributed by atoms with Gasteiger partial charge >= 0.3 is 0 Å². The molecule has 1 aliphatic heterocycles. The summed E-state index contributed by atoms with van der Waals surface area (Å²) >= 11 is 0. The summed E-state index contributed by atoms with van der Waals surface area (Å²) in [6, 6.07) is 11.3. The first-order valence-electron chi connectivity index (χ1n) is 8.62. The fourth-order valence-corrected chi connectivity index (χ4v) is 2.99. The molecule has 0 aliphatic carbocycles. The molecule has 4 rings (SSSR count). The Morgan fingerprint density at radius 3 is 3.00 bits per heavy atom. The van der Waals surface area contributed by atoms with Crippen LogP contribution in [0.2, 0.25) is 0 Å². The molecule has 1 aromatic carbocycles. The second-order valence-electron chi connectivity index (χ2n) is 6.19. The van der Waals surface area contributed by atoms with Gasteiger partial charge in [-0.3, -0.25) is 9.78 Å². The van der Waals surface area contributed by atoms with Crippen molar-refractivity contribution in [2.75, 3.05) is 0 Å². The van der Waals surface area contributed by atoms with Gasteiger partial charge < -0.3 is 15.1 Å². The van der Waals surface area contributed by atoms with Crippen molar-refractivity contribution in [1.29, 1.82) is 0 Å². The predicted molar refractivity (Wildman–Crippen MR) is 97.5 cm³/mol. The summed E-state index contributed by atoms with van der Waals surface area (Å²) in [4.78, 5) is 29.9. The Morgan fingerprint density at radius 1 is 1.35 bits per heavy atom. The number of oxime groups is 1. The second kappa shape index (κ2) is 6.95. The summed E-state index contributed by atoms with van der Waals surface area (Å²) in [6.07, 6.45) is 3.92. The van der Waals surface area contributed by atoms with Gasteiger partial charge in [0.15, 0.2) is 0 Å². The summed E-state index contributed by atoms with van der Waals surface area (Å²) in [5, 5.41) is 7.05. The average molecular weight is 349 g/mol. The van der Waals surface area contributed by atoms with Crippen molar-refractivity contribution in [2.45, 2.75) is 31.9 Å². The van der Waals surface area contributed by atoms with Crippen molar-refractivity contribution in [3.63, 3.8) is 0 Å². The zero-order valence-corrected chi connectivity index (χ0v) is 14.3. The molecule has 7 heteroatoms. The van der Waals surface area contributed by atoms with Crippen LogP contribution in [0.5, 0.6) is 0 Å². The molecule has 3 heterocycles. The predicted octanol–water partition coefficient (Wildman–Crippen LogP) is 2.72. The highest BCUT2D eigenvalue weighted by Gasteiger charge is 2.30. The van der Waals surface area contributed by atoms with E-state index in [1.54, 1.807) is 12.4 Å². The van der Waals surface area contributed by atoms with Gasteiger partial charge in [-0.1, -0.05) is 24.2 Å². The number of hydrogen-bond donors (Lipinski definition) is 2. The third kappa shape index (κ3) is 3.15. The zero-order chi connectivity index (χ0) is 17.9. The van der Waals surface area contributed by atoms with Crippen LogP contribution in [0.4, 0.5) is 0 Å². The highest BCUT2D eigenvalue weighted by Crippen LogP contribution is 2.21. The molecule has 2 aromatic heterocycles. The van der Waals surface area contributed by atoms with Crippen molar-refractivity contribution in [3.8, 4) is 0 Å². The maximum atomic E-state index is 12.6.